The van der Waals surface area contributed by atoms with Gasteiger partial charge in [-0.25, -0.2) is 0 Å². The highest BCUT2D eigenvalue weighted by Gasteiger charge is 2.26. The molecule has 1 aromatic heterocycles. The summed E-state index contributed by atoms with van der Waals surface area (Å²) in [6.07, 6.45) is 16.8. The minimum absolute atomic E-state index is 0.437. The van der Waals surface area contributed by atoms with Crippen molar-refractivity contribution < 1.29 is 0 Å². The first-order chi connectivity index (χ1) is 10.2. The van der Waals surface area contributed by atoms with Crippen LogP contribution >= 0.6 is 11.3 Å². The zero-order valence-electron chi connectivity index (χ0n) is 14.6. The van der Waals surface area contributed by atoms with E-state index < -0.39 is 0 Å². The van der Waals surface area contributed by atoms with Crippen LogP contribution in [0.3, 0.4) is 0 Å². The molecule has 1 aromatic rings. The van der Waals surface area contributed by atoms with Gasteiger partial charge in [0.1, 0.15) is 0 Å². The number of unbranched alkanes of at least 4 members (excludes halogenated alkanes) is 8. The number of rotatable bonds is 13. The highest BCUT2D eigenvalue weighted by molar-refractivity contribution is 7.10. The van der Waals surface area contributed by atoms with Gasteiger partial charge in [0.05, 0.1) is 0 Å². The van der Waals surface area contributed by atoms with E-state index in [0.717, 1.165) is 0 Å². The van der Waals surface area contributed by atoms with Crippen LogP contribution in [0.25, 0.3) is 0 Å². The Morgan fingerprint density at radius 1 is 0.810 bits per heavy atom. The molecule has 0 aliphatic heterocycles. The van der Waals surface area contributed by atoms with Crippen molar-refractivity contribution >= 4 is 11.3 Å². The van der Waals surface area contributed by atoms with Crippen LogP contribution in [0.4, 0.5) is 0 Å². The van der Waals surface area contributed by atoms with E-state index in [9.17, 15) is 0 Å². The van der Waals surface area contributed by atoms with Crippen LogP contribution in [0, 0.1) is 0 Å². The predicted molar refractivity (Wildman–Crippen MR) is 98.4 cm³/mol. The lowest BCUT2D eigenvalue weighted by atomic mass is 9.78. The first-order valence-electron chi connectivity index (χ1n) is 9.27. The second-order valence-corrected chi connectivity index (χ2v) is 7.81. The van der Waals surface area contributed by atoms with Gasteiger partial charge < -0.3 is 0 Å². The van der Waals surface area contributed by atoms with Gasteiger partial charge in [-0.05, 0) is 24.3 Å². The lowest BCUT2D eigenvalue weighted by Gasteiger charge is -2.29. The molecule has 0 nitrogen and oxygen atoms in total. The maximum Gasteiger partial charge on any atom is 0.0104 e. The van der Waals surface area contributed by atoms with Gasteiger partial charge in [0, 0.05) is 10.3 Å². The highest BCUT2D eigenvalue weighted by atomic mass is 32.1. The maximum atomic E-state index is 2.51. The smallest absolute Gasteiger partial charge is 0.0104 e. The second-order valence-electron chi connectivity index (χ2n) is 6.87. The zero-order valence-corrected chi connectivity index (χ0v) is 15.4. The SMILES string of the molecule is CCCCCCCC(C)(CCCCCCC)c1cccs1. The molecule has 0 fully saturated rings. The summed E-state index contributed by atoms with van der Waals surface area (Å²) in [7, 11) is 0. The molecule has 0 unspecified atom stereocenters. The standard InChI is InChI=1S/C20H36S/c1-4-6-8-10-12-16-20(3,19-15-14-18-21-19)17-13-11-9-7-5-2/h14-15,18H,4-13,16-17H2,1-3H3. The monoisotopic (exact) mass is 308 g/mol. The zero-order chi connectivity index (χ0) is 15.4. The molecular weight excluding hydrogens is 272 g/mol. The summed E-state index contributed by atoms with van der Waals surface area (Å²) in [5.41, 5.74) is 0.437. The summed E-state index contributed by atoms with van der Waals surface area (Å²) in [6, 6.07) is 4.59. The molecule has 0 atom stereocenters. The third kappa shape index (κ3) is 7.49. The Labute approximate surface area is 137 Å². The number of thiophene rings is 1. The van der Waals surface area contributed by atoms with E-state index in [1.54, 1.807) is 4.88 Å². The van der Waals surface area contributed by atoms with Crippen molar-refractivity contribution in [3.05, 3.63) is 22.4 Å². The topological polar surface area (TPSA) is 0 Å². The van der Waals surface area contributed by atoms with Crippen LogP contribution in [0.2, 0.25) is 0 Å². The molecule has 0 aliphatic carbocycles. The highest BCUT2D eigenvalue weighted by Crippen LogP contribution is 2.37. The van der Waals surface area contributed by atoms with Crippen LogP contribution in [0.5, 0.6) is 0 Å². The van der Waals surface area contributed by atoms with E-state index in [1.807, 2.05) is 11.3 Å². The van der Waals surface area contributed by atoms with Gasteiger partial charge in [-0.1, -0.05) is 91.0 Å². The van der Waals surface area contributed by atoms with E-state index in [0.29, 0.717) is 5.41 Å². The maximum absolute atomic E-state index is 2.51. The van der Waals surface area contributed by atoms with Crippen molar-refractivity contribution in [1.29, 1.82) is 0 Å². The quantitative estimate of drug-likeness (QED) is 0.327. The van der Waals surface area contributed by atoms with Gasteiger partial charge in [0.25, 0.3) is 0 Å². The summed E-state index contributed by atoms with van der Waals surface area (Å²) in [6.45, 7) is 7.11. The van der Waals surface area contributed by atoms with E-state index in [1.165, 1.54) is 77.0 Å². The molecule has 0 bridgehead atoms. The second kappa shape index (κ2) is 11.3. The van der Waals surface area contributed by atoms with Crippen molar-refractivity contribution in [2.45, 2.75) is 103 Å². The van der Waals surface area contributed by atoms with Crippen molar-refractivity contribution in [1.82, 2.24) is 0 Å². The van der Waals surface area contributed by atoms with E-state index in [4.69, 9.17) is 0 Å². The van der Waals surface area contributed by atoms with Crippen LogP contribution in [-0.4, -0.2) is 0 Å². The molecule has 0 spiro atoms. The summed E-state index contributed by atoms with van der Waals surface area (Å²) < 4.78 is 0. The first-order valence-corrected chi connectivity index (χ1v) is 10.1. The van der Waals surface area contributed by atoms with E-state index in [2.05, 4.69) is 38.3 Å². The van der Waals surface area contributed by atoms with Crippen LogP contribution in [0.1, 0.15) is 103 Å². The summed E-state index contributed by atoms with van der Waals surface area (Å²) in [5, 5.41) is 2.25. The summed E-state index contributed by atoms with van der Waals surface area (Å²) >= 11 is 1.97. The van der Waals surface area contributed by atoms with Gasteiger partial charge in [-0.3, -0.25) is 0 Å². The molecule has 1 heteroatoms. The number of hydrogen-bond acceptors (Lipinski definition) is 1. The molecule has 1 rings (SSSR count). The fraction of sp³-hybridized carbons (Fsp3) is 0.800. The molecule has 0 N–H and O–H groups in total. The Morgan fingerprint density at radius 2 is 1.33 bits per heavy atom. The molecule has 0 aliphatic rings. The molecule has 0 saturated heterocycles. The predicted octanol–water partition coefficient (Wildman–Crippen LogP) is 7.73. The third-order valence-corrected chi connectivity index (χ3v) is 5.96. The van der Waals surface area contributed by atoms with Crippen molar-refractivity contribution in [2.75, 3.05) is 0 Å². The average Bonchev–Trinajstić information content (AvgIpc) is 3.02. The van der Waals surface area contributed by atoms with Crippen LogP contribution in [-0.2, 0) is 5.41 Å². The fourth-order valence-electron chi connectivity index (χ4n) is 3.23. The molecule has 21 heavy (non-hydrogen) atoms. The Balaban J connectivity index is 2.39. The van der Waals surface area contributed by atoms with Gasteiger partial charge >= 0.3 is 0 Å². The van der Waals surface area contributed by atoms with Gasteiger partial charge in [-0.15, -0.1) is 11.3 Å². The van der Waals surface area contributed by atoms with Gasteiger partial charge in [0.15, 0.2) is 0 Å². The van der Waals surface area contributed by atoms with Crippen LogP contribution < -0.4 is 0 Å². The van der Waals surface area contributed by atoms with Crippen molar-refractivity contribution in [2.24, 2.45) is 0 Å². The minimum Gasteiger partial charge on any atom is -0.148 e. The minimum atomic E-state index is 0.437. The largest absolute Gasteiger partial charge is 0.148 e. The third-order valence-electron chi connectivity index (χ3n) is 4.78. The van der Waals surface area contributed by atoms with Crippen molar-refractivity contribution in [3.63, 3.8) is 0 Å². The van der Waals surface area contributed by atoms with E-state index >= 15 is 0 Å². The Morgan fingerprint density at radius 3 is 1.76 bits per heavy atom. The lowest BCUT2D eigenvalue weighted by Crippen LogP contribution is -2.20. The molecule has 122 valence electrons. The Hall–Kier alpha value is -0.300. The normalized spacial score (nSPS) is 12.0. The fourth-order valence-corrected chi connectivity index (χ4v) is 4.18. The summed E-state index contributed by atoms with van der Waals surface area (Å²) in [5.74, 6) is 0. The Bertz CT molecular complexity index is 312. The summed E-state index contributed by atoms with van der Waals surface area (Å²) in [4.78, 5) is 1.62. The average molecular weight is 309 g/mol. The number of hydrogen-bond donors (Lipinski definition) is 0. The molecule has 0 aromatic carbocycles. The first kappa shape index (κ1) is 18.7. The lowest BCUT2D eigenvalue weighted by molar-refractivity contribution is 0.369. The molecule has 0 amide bonds. The van der Waals surface area contributed by atoms with Crippen molar-refractivity contribution in [3.8, 4) is 0 Å². The molecular formula is C20H36S. The molecule has 0 saturated carbocycles. The van der Waals surface area contributed by atoms with Gasteiger partial charge in [0.2, 0.25) is 0 Å². The molecule has 1 heterocycles. The molecule has 0 radical (unpaired) electrons. The van der Waals surface area contributed by atoms with Gasteiger partial charge in [-0.2, -0.15) is 0 Å². The van der Waals surface area contributed by atoms with Crippen LogP contribution in [0.15, 0.2) is 17.5 Å². The van der Waals surface area contributed by atoms with E-state index in [-0.39, 0.29) is 0 Å². The Kier molecular flexibility index (Phi) is 10.1.